The van der Waals surface area contributed by atoms with Gasteiger partial charge in [-0.15, -0.1) is 0 Å². The van der Waals surface area contributed by atoms with Crippen LogP contribution in [0.1, 0.15) is 17.5 Å². The van der Waals surface area contributed by atoms with Crippen LogP contribution in [0.25, 0.3) is 0 Å². The topological polar surface area (TPSA) is 77.4 Å². The average molecular weight is 426 g/mol. The number of halogens is 1. The third-order valence-electron chi connectivity index (χ3n) is 4.61. The number of allylic oxidation sites excluding steroid dienone is 1. The summed E-state index contributed by atoms with van der Waals surface area (Å²) >= 11 is 0. The minimum atomic E-state index is -0.887. The van der Waals surface area contributed by atoms with Crippen molar-refractivity contribution in [2.45, 2.75) is 19.2 Å². The lowest BCUT2D eigenvalue weighted by molar-refractivity contribution is 0.0358. The standard InChI is InChI=1S/C23H27FN4O3/c1-27(2)13-4-14-31-23(30)25-20-6-3-5-17(15-20)16-28-22(29)12-11-21(26-28)18-7-9-19(24)10-8-18/h3,5-12,15,22,29H,4,13-14,16H2,1-2H3,(H,25,30). The molecule has 0 bridgehead atoms. The van der Waals surface area contributed by atoms with Crippen molar-refractivity contribution in [1.29, 1.82) is 0 Å². The van der Waals surface area contributed by atoms with E-state index in [1.165, 1.54) is 17.1 Å². The second kappa shape index (κ2) is 10.7. The lowest BCUT2D eigenvalue weighted by atomic mass is 10.1. The first kappa shape index (κ1) is 22.5. The van der Waals surface area contributed by atoms with Gasteiger partial charge >= 0.3 is 6.09 Å². The summed E-state index contributed by atoms with van der Waals surface area (Å²) in [5, 5.41) is 19.0. The molecule has 0 saturated heterocycles. The number of benzene rings is 2. The van der Waals surface area contributed by atoms with Gasteiger partial charge in [0.15, 0.2) is 6.23 Å². The highest BCUT2D eigenvalue weighted by molar-refractivity contribution is 6.08. The Morgan fingerprint density at radius 2 is 2.03 bits per heavy atom. The van der Waals surface area contributed by atoms with Gasteiger partial charge in [0.25, 0.3) is 0 Å². The number of rotatable bonds is 8. The van der Waals surface area contributed by atoms with E-state index in [4.69, 9.17) is 4.74 Å². The molecule has 1 heterocycles. The van der Waals surface area contributed by atoms with E-state index >= 15 is 0 Å². The van der Waals surface area contributed by atoms with Crippen molar-refractivity contribution in [2.24, 2.45) is 5.10 Å². The van der Waals surface area contributed by atoms with Crippen LogP contribution >= 0.6 is 0 Å². The molecule has 1 atom stereocenters. The second-order valence-electron chi connectivity index (χ2n) is 7.48. The van der Waals surface area contributed by atoms with Crippen LogP contribution in [0.2, 0.25) is 0 Å². The highest BCUT2D eigenvalue weighted by Crippen LogP contribution is 2.18. The molecule has 0 fully saturated rings. The zero-order valence-electron chi connectivity index (χ0n) is 17.7. The van der Waals surface area contributed by atoms with Gasteiger partial charge in [-0.3, -0.25) is 10.3 Å². The lowest BCUT2D eigenvalue weighted by Gasteiger charge is -2.27. The third kappa shape index (κ3) is 6.91. The Bertz CT molecular complexity index is 944. The molecule has 1 aliphatic rings. The third-order valence-corrected chi connectivity index (χ3v) is 4.61. The van der Waals surface area contributed by atoms with Gasteiger partial charge < -0.3 is 14.7 Å². The number of anilines is 1. The van der Waals surface area contributed by atoms with Crippen LogP contribution in [0.5, 0.6) is 0 Å². The molecule has 0 radical (unpaired) electrons. The van der Waals surface area contributed by atoms with Crippen LogP contribution in [0.4, 0.5) is 14.9 Å². The number of aliphatic hydroxyl groups excluding tert-OH is 1. The average Bonchev–Trinajstić information content (AvgIpc) is 2.74. The summed E-state index contributed by atoms with van der Waals surface area (Å²) in [5.74, 6) is -0.318. The zero-order valence-corrected chi connectivity index (χ0v) is 17.7. The lowest BCUT2D eigenvalue weighted by Crippen LogP contribution is -2.32. The summed E-state index contributed by atoms with van der Waals surface area (Å²) in [5.41, 5.74) is 2.82. The molecule has 1 amide bonds. The molecule has 2 aromatic carbocycles. The van der Waals surface area contributed by atoms with Gasteiger partial charge in [-0.05, 0) is 74.6 Å². The van der Waals surface area contributed by atoms with Crippen LogP contribution in [-0.2, 0) is 11.3 Å². The number of amides is 1. The molecule has 164 valence electrons. The normalized spacial score (nSPS) is 15.7. The SMILES string of the molecule is CN(C)CCCOC(=O)Nc1cccc(CN2N=C(c3ccc(F)cc3)C=CC2O)c1. The first-order chi connectivity index (χ1) is 14.9. The van der Waals surface area contributed by atoms with Gasteiger partial charge in [0.05, 0.1) is 18.9 Å². The Balaban J connectivity index is 1.61. The van der Waals surface area contributed by atoms with Crippen molar-refractivity contribution in [3.63, 3.8) is 0 Å². The van der Waals surface area contributed by atoms with Gasteiger partial charge in [-0.2, -0.15) is 5.10 Å². The minimum Gasteiger partial charge on any atom is -0.449 e. The van der Waals surface area contributed by atoms with E-state index in [0.717, 1.165) is 24.1 Å². The predicted molar refractivity (Wildman–Crippen MR) is 118 cm³/mol. The molecule has 3 rings (SSSR count). The van der Waals surface area contributed by atoms with Crippen molar-refractivity contribution < 1.29 is 19.0 Å². The van der Waals surface area contributed by atoms with Crippen molar-refractivity contribution >= 4 is 17.5 Å². The fraction of sp³-hybridized carbons (Fsp3) is 0.304. The summed E-state index contributed by atoms with van der Waals surface area (Å²) < 4.78 is 18.4. The molecule has 0 aromatic heterocycles. The van der Waals surface area contributed by atoms with Crippen LogP contribution in [0.15, 0.2) is 65.8 Å². The Labute approximate surface area is 181 Å². The molecule has 2 N–H and O–H groups in total. The molecule has 1 aliphatic heterocycles. The first-order valence-electron chi connectivity index (χ1n) is 10.1. The second-order valence-corrected chi connectivity index (χ2v) is 7.48. The quantitative estimate of drug-likeness (QED) is 0.633. The molecular weight excluding hydrogens is 399 g/mol. The van der Waals surface area contributed by atoms with Gasteiger partial charge in [0, 0.05) is 17.8 Å². The fourth-order valence-electron chi connectivity index (χ4n) is 3.04. The summed E-state index contributed by atoms with van der Waals surface area (Å²) in [6, 6.07) is 13.3. The monoisotopic (exact) mass is 426 g/mol. The fourth-order valence-corrected chi connectivity index (χ4v) is 3.04. The number of nitrogens with one attached hydrogen (secondary N) is 1. The Morgan fingerprint density at radius 3 is 2.77 bits per heavy atom. The molecule has 0 saturated carbocycles. The predicted octanol–water partition coefficient (Wildman–Crippen LogP) is 3.42. The summed E-state index contributed by atoms with van der Waals surface area (Å²) in [7, 11) is 3.93. The van der Waals surface area contributed by atoms with E-state index in [0.29, 0.717) is 24.6 Å². The van der Waals surface area contributed by atoms with Gasteiger partial charge in [0.1, 0.15) is 5.82 Å². The maximum absolute atomic E-state index is 13.2. The number of hydrazone groups is 1. The highest BCUT2D eigenvalue weighted by Gasteiger charge is 2.17. The van der Waals surface area contributed by atoms with Gasteiger partial charge in [-0.1, -0.05) is 12.1 Å². The molecular formula is C23H27FN4O3. The minimum absolute atomic E-state index is 0.318. The van der Waals surface area contributed by atoms with Crippen molar-refractivity contribution in [1.82, 2.24) is 9.91 Å². The summed E-state index contributed by atoms with van der Waals surface area (Å²) in [6.45, 7) is 1.51. The van der Waals surface area contributed by atoms with Crippen molar-refractivity contribution in [3.05, 3.63) is 77.6 Å². The summed E-state index contributed by atoms with van der Waals surface area (Å²) in [4.78, 5) is 14.0. The zero-order chi connectivity index (χ0) is 22.2. The van der Waals surface area contributed by atoms with Crippen LogP contribution in [0, 0.1) is 5.82 Å². The number of carbonyl (C=O) groups is 1. The molecule has 0 spiro atoms. The van der Waals surface area contributed by atoms with E-state index in [9.17, 15) is 14.3 Å². The molecule has 2 aromatic rings. The van der Waals surface area contributed by atoms with E-state index in [-0.39, 0.29) is 5.82 Å². The Hall–Kier alpha value is -3.23. The maximum atomic E-state index is 13.2. The van der Waals surface area contributed by atoms with E-state index in [2.05, 4.69) is 10.4 Å². The number of ether oxygens (including phenoxy) is 1. The molecule has 0 aliphatic carbocycles. The Morgan fingerprint density at radius 1 is 1.26 bits per heavy atom. The summed E-state index contributed by atoms with van der Waals surface area (Å²) in [6.07, 6.45) is 2.70. The van der Waals surface area contributed by atoms with Crippen molar-refractivity contribution in [2.75, 3.05) is 32.6 Å². The number of aliphatic hydroxyl groups is 1. The van der Waals surface area contributed by atoms with Crippen LogP contribution < -0.4 is 5.32 Å². The van der Waals surface area contributed by atoms with Crippen LogP contribution in [-0.4, -0.2) is 60.3 Å². The van der Waals surface area contributed by atoms with Crippen molar-refractivity contribution in [3.8, 4) is 0 Å². The maximum Gasteiger partial charge on any atom is 0.411 e. The first-order valence-corrected chi connectivity index (χ1v) is 10.1. The largest absolute Gasteiger partial charge is 0.449 e. The Kier molecular flexibility index (Phi) is 7.75. The van der Waals surface area contributed by atoms with E-state index in [1.807, 2.05) is 31.1 Å². The van der Waals surface area contributed by atoms with E-state index < -0.39 is 12.3 Å². The van der Waals surface area contributed by atoms with Gasteiger partial charge in [-0.25, -0.2) is 9.18 Å². The van der Waals surface area contributed by atoms with Crippen LogP contribution in [0.3, 0.4) is 0 Å². The molecule has 1 unspecified atom stereocenters. The smallest absolute Gasteiger partial charge is 0.411 e. The van der Waals surface area contributed by atoms with E-state index in [1.54, 1.807) is 36.4 Å². The number of carbonyl (C=O) groups excluding carboxylic acids is 1. The number of nitrogens with zero attached hydrogens (tertiary/aromatic N) is 3. The number of hydrogen-bond donors (Lipinski definition) is 2. The molecule has 8 heteroatoms. The van der Waals surface area contributed by atoms with Gasteiger partial charge in [0.2, 0.25) is 0 Å². The molecule has 31 heavy (non-hydrogen) atoms. The number of hydrogen-bond acceptors (Lipinski definition) is 6. The highest BCUT2D eigenvalue weighted by atomic mass is 19.1. The molecule has 7 nitrogen and oxygen atoms in total.